The summed E-state index contributed by atoms with van der Waals surface area (Å²) in [7, 11) is 0. The molecule has 80 valence electrons. The van der Waals surface area contributed by atoms with Crippen molar-refractivity contribution in [3.8, 4) is 0 Å². The molecule has 3 heterocycles. The highest BCUT2D eigenvalue weighted by Gasteiger charge is 2.46. The number of piperidine rings is 1. The smallest absolute Gasteiger partial charge is 0.184 e. The first-order chi connectivity index (χ1) is 7.32. The number of pyridine rings is 1. The van der Waals surface area contributed by atoms with E-state index in [1.807, 2.05) is 12.1 Å². The number of rotatable bonds is 0. The van der Waals surface area contributed by atoms with E-state index in [0.29, 0.717) is 0 Å². The molecule has 1 atom stereocenters. The summed E-state index contributed by atoms with van der Waals surface area (Å²) in [5, 5.41) is 13.1. The zero-order valence-electron chi connectivity index (χ0n) is 8.44. The Morgan fingerprint density at radius 1 is 1.47 bits per heavy atom. The van der Waals surface area contributed by atoms with E-state index in [9.17, 15) is 5.11 Å². The van der Waals surface area contributed by atoms with Gasteiger partial charge < -0.3 is 15.2 Å². The number of aliphatic hydroxyl groups is 1. The number of nitrogens with zero attached hydrogens (tertiary/aromatic N) is 1. The number of aromatic nitrogens is 1. The van der Waals surface area contributed by atoms with Gasteiger partial charge in [-0.3, -0.25) is 4.98 Å². The Balaban J connectivity index is 2.06. The van der Waals surface area contributed by atoms with Crippen molar-refractivity contribution in [2.24, 2.45) is 0 Å². The largest absolute Gasteiger partial charge is 0.364 e. The number of nitrogens with one attached hydrogen (secondary N) is 1. The zero-order chi connectivity index (χ0) is 10.3. The quantitative estimate of drug-likeness (QED) is 0.655. The van der Waals surface area contributed by atoms with E-state index in [1.54, 1.807) is 6.20 Å². The molecule has 0 aromatic carbocycles. The van der Waals surface area contributed by atoms with Gasteiger partial charge in [-0.25, -0.2) is 0 Å². The van der Waals surface area contributed by atoms with Crippen molar-refractivity contribution in [1.82, 2.24) is 10.3 Å². The van der Waals surface area contributed by atoms with Gasteiger partial charge in [-0.2, -0.15) is 0 Å². The predicted molar refractivity (Wildman–Crippen MR) is 54.1 cm³/mol. The van der Waals surface area contributed by atoms with E-state index in [1.165, 1.54) is 0 Å². The molecule has 1 saturated heterocycles. The van der Waals surface area contributed by atoms with Gasteiger partial charge in [-0.15, -0.1) is 0 Å². The van der Waals surface area contributed by atoms with Crippen molar-refractivity contribution in [1.29, 1.82) is 0 Å². The van der Waals surface area contributed by atoms with Gasteiger partial charge in [-0.05, 0) is 32.0 Å². The molecule has 1 fully saturated rings. The molecule has 1 aromatic rings. The number of fused-ring (bicyclic) bond motifs is 2. The predicted octanol–water partition coefficient (Wildman–Crippen LogP) is 0.681. The molecule has 0 radical (unpaired) electrons. The number of hydrogen-bond donors (Lipinski definition) is 2. The third kappa shape index (κ3) is 1.29. The van der Waals surface area contributed by atoms with Gasteiger partial charge in [0, 0.05) is 11.8 Å². The third-order valence-corrected chi connectivity index (χ3v) is 3.28. The molecular formula is C11H14N2O2. The van der Waals surface area contributed by atoms with Crippen LogP contribution in [-0.2, 0) is 10.3 Å². The molecule has 0 amide bonds. The minimum atomic E-state index is -0.799. The van der Waals surface area contributed by atoms with Gasteiger partial charge in [0.05, 0.1) is 5.69 Å². The number of hydrogen-bond acceptors (Lipinski definition) is 4. The summed E-state index contributed by atoms with van der Waals surface area (Å²) in [5.41, 5.74) is 1.42. The molecule has 2 aliphatic rings. The summed E-state index contributed by atoms with van der Waals surface area (Å²) in [6.45, 7) is 1.84. The van der Waals surface area contributed by atoms with Crippen LogP contribution in [0.3, 0.4) is 0 Å². The second-order valence-corrected chi connectivity index (χ2v) is 4.16. The van der Waals surface area contributed by atoms with Gasteiger partial charge in [-0.1, -0.05) is 6.07 Å². The Morgan fingerprint density at radius 3 is 3.07 bits per heavy atom. The van der Waals surface area contributed by atoms with E-state index in [0.717, 1.165) is 37.2 Å². The monoisotopic (exact) mass is 206 g/mol. The molecule has 4 nitrogen and oxygen atoms in total. The highest BCUT2D eigenvalue weighted by molar-refractivity contribution is 5.31. The van der Waals surface area contributed by atoms with E-state index in [2.05, 4.69) is 10.3 Å². The van der Waals surface area contributed by atoms with Crippen LogP contribution in [0.25, 0.3) is 0 Å². The molecule has 2 N–H and O–H groups in total. The topological polar surface area (TPSA) is 54.4 Å². The minimum absolute atomic E-state index is 0.346. The maximum absolute atomic E-state index is 9.82. The van der Waals surface area contributed by atoms with Crippen molar-refractivity contribution in [2.75, 3.05) is 13.1 Å². The molecule has 2 aliphatic heterocycles. The first-order valence-corrected chi connectivity index (χ1v) is 5.34. The van der Waals surface area contributed by atoms with Gasteiger partial charge in [0.15, 0.2) is 6.29 Å². The normalized spacial score (nSPS) is 27.9. The van der Waals surface area contributed by atoms with Crippen LogP contribution in [0.4, 0.5) is 0 Å². The summed E-state index contributed by atoms with van der Waals surface area (Å²) in [6, 6.07) is 3.73. The lowest BCUT2D eigenvalue weighted by Crippen LogP contribution is -2.40. The summed E-state index contributed by atoms with van der Waals surface area (Å²) in [4.78, 5) is 4.37. The minimum Gasteiger partial charge on any atom is -0.364 e. The Bertz CT molecular complexity index is 375. The van der Waals surface area contributed by atoms with E-state index in [4.69, 9.17) is 4.74 Å². The fourth-order valence-corrected chi connectivity index (χ4v) is 2.52. The van der Waals surface area contributed by atoms with Gasteiger partial charge in [0.2, 0.25) is 0 Å². The summed E-state index contributed by atoms with van der Waals surface area (Å²) in [6.07, 6.45) is 2.73. The number of ether oxygens (including phenoxy) is 1. The average molecular weight is 206 g/mol. The molecule has 0 bridgehead atoms. The summed E-state index contributed by atoms with van der Waals surface area (Å²) >= 11 is 0. The van der Waals surface area contributed by atoms with Crippen molar-refractivity contribution in [2.45, 2.75) is 24.7 Å². The van der Waals surface area contributed by atoms with Crippen molar-refractivity contribution in [3.05, 3.63) is 29.6 Å². The lowest BCUT2D eigenvalue weighted by Gasteiger charge is -2.33. The Morgan fingerprint density at radius 2 is 2.27 bits per heavy atom. The van der Waals surface area contributed by atoms with Crippen molar-refractivity contribution < 1.29 is 9.84 Å². The molecule has 4 heteroatoms. The second kappa shape index (κ2) is 3.27. The fraction of sp³-hybridized carbons (Fsp3) is 0.545. The Hall–Kier alpha value is -0.970. The fourth-order valence-electron chi connectivity index (χ4n) is 2.52. The zero-order valence-corrected chi connectivity index (χ0v) is 8.44. The third-order valence-electron chi connectivity index (χ3n) is 3.28. The van der Waals surface area contributed by atoms with Crippen LogP contribution in [0.1, 0.15) is 30.4 Å². The molecule has 15 heavy (non-hydrogen) atoms. The number of aliphatic hydroxyl groups excluding tert-OH is 1. The SMILES string of the molecule is OC1OC2(CCNCC2)c2ncccc21. The van der Waals surface area contributed by atoms with Crippen LogP contribution in [0.15, 0.2) is 18.3 Å². The van der Waals surface area contributed by atoms with Gasteiger partial charge in [0.25, 0.3) is 0 Å². The highest BCUT2D eigenvalue weighted by atomic mass is 16.6. The second-order valence-electron chi connectivity index (χ2n) is 4.16. The molecule has 1 aromatic heterocycles. The molecule has 0 saturated carbocycles. The van der Waals surface area contributed by atoms with Crippen LogP contribution in [0, 0.1) is 0 Å². The van der Waals surface area contributed by atoms with Crippen LogP contribution < -0.4 is 5.32 Å². The lowest BCUT2D eigenvalue weighted by molar-refractivity contribution is -0.182. The standard InChI is InChI=1S/C11H14N2O2/c14-10-8-2-1-5-13-9(8)11(15-10)3-6-12-7-4-11/h1-2,5,10,12,14H,3-4,6-7H2. The molecule has 1 spiro atoms. The van der Waals surface area contributed by atoms with Crippen LogP contribution in [0.5, 0.6) is 0 Å². The molecule has 0 aliphatic carbocycles. The van der Waals surface area contributed by atoms with Crippen molar-refractivity contribution >= 4 is 0 Å². The molecular weight excluding hydrogens is 192 g/mol. The van der Waals surface area contributed by atoms with Crippen LogP contribution >= 0.6 is 0 Å². The lowest BCUT2D eigenvalue weighted by atomic mass is 9.88. The Labute approximate surface area is 88.3 Å². The summed E-state index contributed by atoms with van der Waals surface area (Å²) < 4.78 is 5.71. The first kappa shape index (κ1) is 9.27. The van der Waals surface area contributed by atoms with E-state index < -0.39 is 6.29 Å². The van der Waals surface area contributed by atoms with E-state index >= 15 is 0 Å². The highest BCUT2D eigenvalue weighted by Crippen LogP contribution is 2.45. The van der Waals surface area contributed by atoms with Crippen molar-refractivity contribution in [3.63, 3.8) is 0 Å². The maximum Gasteiger partial charge on any atom is 0.184 e. The average Bonchev–Trinajstić information content (AvgIpc) is 2.55. The first-order valence-electron chi connectivity index (χ1n) is 5.34. The molecule has 3 rings (SSSR count). The van der Waals surface area contributed by atoms with Crippen LogP contribution in [0.2, 0.25) is 0 Å². The van der Waals surface area contributed by atoms with E-state index in [-0.39, 0.29) is 5.60 Å². The molecule has 1 unspecified atom stereocenters. The maximum atomic E-state index is 9.82. The Kier molecular flexibility index (Phi) is 2.02. The van der Waals surface area contributed by atoms with Crippen LogP contribution in [-0.4, -0.2) is 23.2 Å². The van der Waals surface area contributed by atoms with Gasteiger partial charge >= 0.3 is 0 Å². The van der Waals surface area contributed by atoms with Gasteiger partial charge in [0.1, 0.15) is 5.60 Å². The summed E-state index contributed by atoms with van der Waals surface area (Å²) in [5.74, 6) is 0.